The van der Waals surface area contributed by atoms with Gasteiger partial charge < -0.3 is 0 Å². The van der Waals surface area contributed by atoms with Gasteiger partial charge in [-0.3, -0.25) is 0 Å². The second kappa shape index (κ2) is 11.1. The second-order valence-corrected chi connectivity index (χ2v) is 44.6. The van der Waals surface area contributed by atoms with Crippen molar-refractivity contribution in [3.8, 4) is 22.3 Å². The van der Waals surface area contributed by atoms with E-state index in [9.17, 15) is 0 Å². The van der Waals surface area contributed by atoms with E-state index in [1.54, 1.807) is 22.3 Å². The third-order valence-corrected chi connectivity index (χ3v) is 31.1. The van der Waals surface area contributed by atoms with Crippen LogP contribution in [0.3, 0.4) is 0 Å². The van der Waals surface area contributed by atoms with Gasteiger partial charge in [-0.05, 0) is 0 Å². The third-order valence-electron chi connectivity index (χ3n) is 11.8. The molecule has 3 aliphatic rings. The van der Waals surface area contributed by atoms with Gasteiger partial charge >= 0.3 is 287 Å². The Hall–Kier alpha value is -2.34. The summed E-state index contributed by atoms with van der Waals surface area (Å²) in [5.41, 5.74) is 15.4. The van der Waals surface area contributed by atoms with Crippen LogP contribution in [0.4, 0.5) is 0 Å². The quantitative estimate of drug-likeness (QED) is 0.170. The van der Waals surface area contributed by atoms with Crippen LogP contribution < -0.4 is 10.4 Å². The Labute approximate surface area is 285 Å². The molecule has 0 saturated carbocycles. The van der Waals surface area contributed by atoms with Gasteiger partial charge in [0, 0.05) is 0 Å². The summed E-state index contributed by atoms with van der Waals surface area (Å²) in [6, 6.07) is 33.7. The first-order valence-corrected chi connectivity index (χ1v) is 35.9. The molecule has 4 aromatic rings. The van der Waals surface area contributed by atoms with Crippen LogP contribution in [0.15, 0.2) is 96.1 Å². The van der Waals surface area contributed by atoms with Gasteiger partial charge in [0.25, 0.3) is 0 Å². The van der Waals surface area contributed by atoms with Crippen LogP contribution in [0.25, 0.3) is 34.4 Å². The predicted octanol–water partition coefficient (Wildman–Crippen LogP) is 11.8. The first-order valence-electron chi connectivity index (χ1n) is 17.6. The van der Waals surface area contributed by atoms with E-state index in [0.717, 1.165) is 0 Å². The minimum absolute atomic E-state index is 0.0789. The van der Waals surface area contributed by atoms with E-state index >= 15 is 0 Å². The van der Waals surface area contributed by atoms with Gasteiger partial charge in [-0.2, -0.15) is 0 Å². The zero-order chi connectivity index (χ0) is 32.8. The first-order chi connectivity index (χ1) is 21.7. The monoisotopic (exact) mass is 804 g/mol. The fourth-order valence-corrected chi connectivity index (χ4v) is 29.0. The summed E-state index contributed by atoms with van der Waals surface area (Å²) in [6.07, 6.45) is 7.79. The molecule has 236 valence electrons. The molecule has 1 heterocycles. The molecule has 46 heavy (non-hydrogen) atoms. The Bertz CT molecular complexity index is 1760. The molecule has 1 aliphatic heterocycles. The van der Waals surface area contributed by atoms with Gasteiger partial charge in [-0.25, -0.2) is 0 Å². The Morgan fingerprint density at radius 1 is 0.587 bits per heavy atom. The van der Waals surface area contributed by atoms with E-state index in [4.69, 9.17) is 0 Å². The molecule has 0 nitrogen and oxygen atoms in total. The van der Waals surface area contributed by atoms with E-state index in [-0.39, 0.29) is 5.41 Å². The van der Waals surface area contributed by atoms with E-state index < -0.39 is 36.1 Å². The van der Waals surface area contributed by atoms with Crippen molar-refractivity contribution < 1.29 is 20.0 Å². The molecule has 2 atom stereocenters. The topological polar surface area (TPSA) is 0 Å². The van der Waals surface area contributed by atoms with Gasteiger partial charge in [-0.15, -0.1) is 0 Å². The number of allylic oxidation sites excluding steroid dienone is 2. The fraction of sp³-hybridized carbons (Fsp3) is 0.349. The van der Waals surface area contributed by atoms with Crippen molar-refractivity contribution in [3.05, 3.63) is 118 Å². The van der Waals surface area contributed by atoms with E-state index in [2.05, 4.69) is 160 Å². The Morgan fingerprint density at radius 3 is 1.33 bits per heavy atom. The maximum atomic E-state index is 2.78. The van der Waals surface area contributed by atoms with Crippen LogP contribution >= 0.6 is 0 Å². The summed E-state index contributed by atoms with van der Waals surface area (Å²) in [7, 11) is -2.67. The molecule has 1 fully saturated rings. The molecule has 4 aromatic carbocycles. The molecule has 7 rings (SSSR count). The molecule has 3 heteroatoms. The summed E-state index contributed by atoms with van der Waals surface area (Å²) in [6.45, 7) is 19.7. The molecule has 0 bridgehead atoms. The Morgan fingerprint density at radius 2 is 0.978 bits per heavy atom. The van der Waals surface area contributed by atoms with E-state index in [1.807, 2.05) is 0 Å². The van der Waals surface area contributed by atoms with E-state index in [0.29, 0.717) is 7.35 Å². The van der Waals surface area contributed by atoms with Gasteiger partial charge in [0.1, 0.15) is 0 Å². The second-order valence-electron chi connectivity index (χ2n) is 17.2. The molecule has 0 amide bonds. The molecule has 1 saturated heterocycles. The van der Waals surface area contributed by atoms with Gasteiger partial charge in [-0.1, -0.05) is 0 Å². The van der Waals surface area contributed by atoms with Crippen LogP contribution in [-0.4, -0.2) is 16.1 Å². The number of benzene rings is 4. The molecule has 0 spiro atoms. The number of rotatable bonds is 6. The SMILES string of the molecule is CCCC1(C)C2=Cc3c(-c4ccc([Si](C)(C)C)cc4)cccc3[CH]2[Hf]([CH3])([CH3])[CH]2C1=Cc1c(-c3ccc([Si](C)(C)C)cc3)cccc12. The number of fused-ring (bicyclic) bond motifs is 6. The van der Waals surface area contributed by atoms with Crippen molar-refractivity contribution in [2.24, 2.45) is 5.41 Å². The predicted molar refractivity (Wildman–Crippen MR) is 206 cm³/mol. The van der Waals surface area contributed by atoms with Crippen LogP contribution in [-0.2, 0) is 20.0 Å². The molecule has 0 radical (unpaired) electrons. The van der Waals surface area contributed by atoms with Gasteiger partial charge in [0.15, 0.2) is 0 Å². The summed E-state index contributed by atoms with van der Waals surface area (Å²) < 4.78 is 6.80. The fourth-order valence-electron chi connectivity index (χ4n) is 9.29. The van der Waals surface area contributed by atoms with E-state index in [1.165, 1.54) is 56.6 Å². The third kappa shape index (κ3) is 4.98. The number of hydrogen-bond acceptors (Lipinski definition) is 0. The molecular formula is C43H52HfSi2. The van der Waals surface area contributed by atoms with Crippen molar-refractivity contribution in [3.63, 3.8) is 0 Å². The summed E-state index contributed by atoms with van der Waals surface area (Å²) in [5.74, 6) is 0. The summed E-state index contributed by atoms with van der Waals surface area (Å²) in [5, 5.41) is 3.07. The van der Waals surface area contributed by atoms with Crippen molar-refractivity contribution in [1.82, 2.24) is 0 Å². The Balaban J connectivity index is 1.38. The Kier molecular flexibility index (Phi) is 7.78. The summed E-state index contributed by atoms with van der Waals surface area (Å²) in [4.78, 5) is 0. The molecule has 0 aromatic heterocycles. The summed E-state index contributed by atoms with van der Waals surface area (Å²) >= 11 is -3.08. The van der Waals surface area contributed by atoms with Crippen LogP contribution in [0, 0.1) is 5.41 Å². The van der Waals surface area contributed by atoms with Crippen molar-refractivity contribution in [2.75, 3.05) is 0 Å². The minimum atomic E-state index is -3.08. The van der Waals surface area contributed by atoms with Crippen molar-refractivity contribution in [2.45, 2.75) is 82.7 Å². The average Bonchev–Trinajstić information content (AvgIpc) is 3.62. The first kappa shape index (κ1) is 32.2. The zero-order valence-corrected chi connectivity index (χ0v) is 35.4. The van der Waals surface area contributed by atoms with Crippen molar-refractivity contribution in [1.29, 1.82) is 0 Å². The molecule has 2 aliphatic carbocycles. The van der Waals surface area contributed by atoms with Gasteiger partial charge in [0.2, 0.25) is 0 Å². The standard InChI is InChI=1S/C41H46Si2.2CH3.Hf/c1-9-24-41(2,33-25-31-12-10-14-37(39(31)27-33)29-16-20-35(21-17-29)42(3,4)5)34-26-32-13-11-15-38(40(32)28-34)30-18-22-36(23-19-30)43(6,7)8;;;/h10-23,25-28H,9,24H2,1-8H3;2*1H3;. The van der Waals surface area contributed by atoms with Crippen molar-refractivity contribution >= 4 is 38.7 Å². The van der Waals surface area contributed by atoms with Gasteiger partial charge in [0.05, 0.1) is 0 Å². The maximum absolute atomic E-state index is 3.08. The van der Waals surface area contributed by atoms with Crippen LogP contribution in [0.5, 0.6) is 0 Å². The molecular weight excluding hydrogens is 751 g/mol. The number of hydrogen-bond donors (Lipinski definition) is 0. The molecule has 2 unspecified atom stereocenters. The average molecular weight is 804 g/mol. The molecule has 0 N–H and O–H groups in total. The van der Waals surface area contributed by atoms with Crippen LogP contribution in [0.2, 0.25) is 48.6 Å². The van der Waals surface area contributed by atoms with Crippen LogP contribution in [0.1, 0.15) is 56.3 Å². The zero-order valence-electron chi connectivity index (χ0n) is 29.8. The normalized spacial score (nSPS) is 22.8.